The molecule has 3 rings (SSSR count). The van der Waals surface area contributed by atoms with Crippen LogP contribution in [0.15, 0.2) is 35.0 Å². The van der Waals surface area contributed by atoms with Crippen LogP contribution in [-0.2, 0) is 13.0 Å². The van der Waals surface area contributed by atoms with E-state index in [1.54, 1.807) is 4.68 Å². The zero-order valence-corrected chi connectivity index (χ0v) is 11.7. The first-order valence-electron chi connectivity index (χ1n) is 6.73. The Balaban J connectivity index is 1.73. The van der Waals surface area contributed by atoms with Crippen molar-refractivity contribution in [2.45, 2.75) is 19.9 Å². The molecule has 0 saturated carbocycles. The third-order valence-electron chi connectivity index (χ3n) is 3.06. The maximum atomic E-state index is 5.48. The Morgan fingerprint density at radius 2 is 2.05 bits per heavy atom. The number of nitrogens with two attached hydrogens (primary N) is 1. The highest BCUT2D eigenvalue weighted by Crippen LogP contribution is 2.16. The SMILES string of the molecule is Cc1ccc(-c2noc(Cn3cc(CCN)nn3)n2)cc1. The molecule has 0 unspecified atom stereocenters. The minimum Gasteiger partial charge on any atom is -0.337 e. The van der Waals surface area contributed by atoms with Gasteiger partial charge in [0.15, 0.2) is 0 Å². The van der Waals surface area contributed by atoms with E-state index in [-0.39, 0.29) is 0 Å². The number of hydrogen-bond acceptors (Lipinski definition) is 6. The molecule has 0 bridgehead atoms. The molecule has 0 spiro atoms. The molecule has 0 fully saturated rings. The summed E-state index contributed by atoms with van der Waals surface area (Å²) in [5, 5.41) is 12.0. The van der Waals surface area contributed by atoms with E-state index in [1.807, 2.05) is 37.4 Å². The lowest BCUT2D eigenvalue weighted by Crippen LogP contribution is -2.03. The van der Waals surface area contributed by atoms with Gasteiger partial charge in [0, 0.05) is 18.2 Å². The topological polar surface area (TPSA) is 95.7 Å². The van der Waals surface area contributed by atoms with Crippen LogP contribution in [-0.4, -0.2) is 31.7 Å². The maximum Gasteiger partial charge on any atom is 0.248 e. The summed E-state index contributed by atoms with van der Waals surface area (Å²) >= 11 is 0. The Bertz CT molecular complexity index is 715. The standard InChI is InChI=1S/C14H16N6O/c1-10-2-4-11(5-3-10)14-16-13(21-18-14)9-20-8-12(6-7-15)17-19-20/h2-5,8H,6-7,9,15H2,1H3. The monoisotopic (exact) mass is 284 g/mol. The van der Waals surface area contributed by atoms with Crippen molar-refractivity contribution in [2.75, 3.05) is 6.54 Å². The predicted octanol–water partition coefficient (Wildman–Crippen LogP) is 1.19. The lowest BCUT2D eigenvalue weighted by Gasteiger charge is -1.94. The van der Waals surface area contributed by atoms with Crippen molar-refractivity contribution >= 4 is 0 Å². The van der Waals surface area contributed by atoms with Crippen molar-refractivity contribution < 1.29 is 4.52 Å². The minimum atomic E-state index is 0.399. The molecule has 0 saturated heterocycles. The van der Waals surface area contributed by atoms with Gasteiger partial charge in [0.2, 0.25) is 11.7 Å². The van der Waals surface area contributed by atoms with Gasteiger partial charge in [0.05, 0.1) is 5.69 Å². The molecule has 21 heavy (non-hydrogen) atoms. The molecule has 2 N–H and O–H groups in total. The third-order valence-corrected chi connectivity index (χ3v) is 3.06. The van der Waals surface area contributed by atoms with Crippen molar-refractivity contribution in [2.24, 2.45) is 5.73 Å². The fraction of sp³-hybridized carbons (Fsp3) is 0.286. The fourth-order valence-electron chi connectivity index (χ4n) is 1.96. The van der Waals surface area contributed by atoms with Crippen LogP contribution in [0.4, 0.5) is 0 Å². The number of benzene rings is 1. The van der Waals surface area contributed by atoms with E-state index in [0.29, 0.717) is 31.2 Å². The molecule has 2 aromatic heterocycles. The molecule has 2 heterocycles. The maximum absolute atomic E-state index is 5.48. The summed E-state index contributed by atoms with van der Waals surface area (Å²) in [5.74, 6) is 1.07. The largest absolute Gasteiger partial charge is 0.337 e. The van der Waals surface area contributed by atoms with Gasteiger partial charge >= 0.3 is 0 Å². The Labute approximate surface area is 121 Å². The molecule has 108 valence electrons. The molecule has 3 aromatic rings. The molecular formula is C14H16N6O. The number of hydrogen-bond donors (Lipinski definition) is 1. The molecule has 0 atom stereocenters. The van der Waals surface area contributed by atoms with E-state index in [2.05, 4.69) is 20.5 Å². The van der Waals surface area contributed by atoms with Gasteiger partial charge < -0.3 is 10.3 Å². The molecule has 0 aliphatic heterocycles. The van der Waals surface area contributed by atoms with Crippen LogP contribution in [0, 0.1) is 6.92 Å². The van der Waals surface area contributed by atoms with E-state index in [9.17, 15) is 0 Å². The van der Waals surface area contributed by atoms with Crippen molar-refractivity contribution in [3.05, 3.63) is 47.6 Å². The molecule has 0 amide bonds. The molecule has 7 nitrogen and oxygen atoms in total. The van der Waals surface area contributed by atoms with Crippen LogP contribution in [0.5, 0.6) is 0 Å². The van der Waals surface area contributed by atoms with E-state index in [0.717, 1.165) is 11.3 Å². The van der Waals surface area contributed by atoms with E-state index < -0.39 is 0 Å². The number of rotatable bonds is 5. The van der Waals surface area contributed by atoms with Crippen LogP contribution in [0.3, 0.4) is 0 Å². The summed E-state index contributed by atoms with van der Waals surface area (Å²) in [7, 11) is 0. The molecular weight excluding hydrogens is 268 g/mol. The summed E-state index contributed by atoms with van der Waals surface area (Å²) in [4.78, 5) is 4.37. The first kappa shape index (κ1) is 13.4. The molecule has 1 aromatic carbocycles. The second kappa shape index (κ2) is 5.84. The first-order chi connectivity index (χ1) is 10.2. The Morgan fingerprint density at radius 3 is 2.81 bits per heavy atom. The van der Waals surface area contributed by atoms with E-state index in [4.69, 9.17) is 10.3 Å². The van der Waals surface area contributed by atoms with Gasteiger partial charge in [-0.15, -0.1) is 5.10 Å². The lowest BCUT2D eigenvalue weighted by atomic mass is 10.1. The zero-order valence-electron chi connectivity index (χ0n) is 11.7. The van der Waals surface area contributed by atoms with Gasteiger partial charge in [-0.3, -0.25) is 0 Å². The summed E-state index contributed by atoms with van der Waals surface area (Å²) in [6, 6.07) is 7.97. The summed E-state index contributed by atoms with van der Waals surface area (Å²) in [5.41, 5.74) is 8.46. The van der Waals surface area contributed by atoms with E-state index in [1.165, 1.54) is 5.56 Å². The quantitative estimate of drug-likeness (QED) is 0.756. The van der Waals surface area contributed by atoms with Gasteiger partial charge in [0.1, 0.15) is 6.54 Å². The van der Waals surface area contributed by atoms with Gasteiger partial charge in [-0.2, -0.15) is 4.98 Å². The normalized spacial score (nSPS) is 11.0. The van der Waals surface area contributed by atoms with Crippen molar-refractivity contribution in [3.63, 3.8) is 0 Å². The average molecular weight is 284 g/mol. The summed E-state index contributed by atoms with van der Waals surface area (Å²) in [6.45, 7) is 2.99. The smallest absolute Gasteiger partial charge is 0.248 e. The number of aromatic nitrogens is 5. The highest BCUT2D eigenvalue weighted by atomic mass is 16.5. The van der Waals surface area contributed by atoms with Gasteiger partial charge in [-0.25, -0.2) is 4.68 Å². The summed E-state index contributed by atoms with van der Waals surface area (Å²) < 4.78 is 6.91. The molecule has 0 aliphatic rings. The molecule has 0 aliphatic carbocycles. The van der Waals surface area contributed by atoms with Gasteiger partial charge in [0.25, 0.3) is 0 Å². The van der Waals surface area contributed by atoms with Crippen LogP contribution in [0.25, 0.3) is 11.4 Å². The Kier molecular flexibility index (Phi) is 3.74. The van der Waals surface area contributed by atoms with Crippen LogP contribution < -0.4 is 5.73 Å². The number of nitrogens with zero attached hydrogens (tertiary/aromatic N) is 5. The Morgan fingerprint density at radius 1 is 1.24 bits per heavy atom. The number of aryl methyl sites for hydroxylation is 1. The van der Waals surface area contributed by atoms with E-state index >= 15 is 0 Å². The van der Waals surface area contributed by atoms with Crippen molar-refractivity contribution in [1.29, 1.82) is 0 Å². The zero-order chi connectivity index (χ0) is 14.7. The highest BCUT2D eigenvalue weighted by Gasteiger charge is 2.10. The highest BCUT2D eigenvalue weighted by molar-refractivity contribution is 5.54. The summed E-state index contributed by atoms with van der Waals surface area (Å²) in [6.07, 6.45) is 2.54. The third kappa shape index (κ3) is 3.14. The lowest BCUT2D eigenvalue weighted by molar-refractivity contribution is 0.364. The van der Waals surface area contributed by atoms with Crippen LogP contribution >= 0.6 is 0 Å². The molecule has 0 radical (unpaired) electrons. The Hall–Kier alpha value is -2.54. The van der Waals surface area contributed by atoms with Gasteiger partial charge in [-0.05, 0) is 13.5 Å². The van der Waals surface area contributed by atoms with Crippen LogP contribution in [0.1, 0.15) is 17.1 Å². The fourth-order valence-corrected chi connectivity index (χ4v) is 1.96. The van der Waals surface area contributed by atoms with Crippen molar-refractivity contribution in [3.8, 4) is 11.4 Å². The van der Waals surface area contributed by atoms with Gasteiger partial charge in [-0.1, -0.05) is 40.2 Å². The average Bonchev–Trinajstić information content (AvgIpc) is 3.11. The second-order valence-corrected chi connectivity index (χ2v) is 4.82. The molecule has 7 heteroatoms. The second-order valence-electron chi connectivity index (χ2n) is 4.82. The van der Waals surface area contributed by atoms with Crippen LogP contribution in [0.2, 0.25) is 0 Å². The first-order valence-corrected chi connectivity index (χ1v) is 6.73. The minimum absolute atomic E-state index is 0.399. The van der Waals surface area contributed by atoms with Crippen molar-refractivity contribution in [1.82, 2.24) is 25.1 Å². The predicted molar refractivity (Wildman–Crippen MR) is 76.4 cm³/mol.